The molecule has 1 saturated heterocycles. The molecule has 1 aliphatic heterocycles. The van der Waals surface area contributed by atoms with Crippen LogP contribution in [0.2, 0.25) is 0 Å². The van der Waals surface area contributed by atoms with E-state index < -0.39 is 17.9 Å². The van der Waals surface area contributed by atoms with E-state index in [9.17, 15) is 9.59 Å². The lowest BCUT2D eigenvalue weighted by atomic mass is 9.95. The van der Waals surface area contributed by atoms with Gasteiger partial charge in [0, 0.05) is 12.4 Å². The van der Waals surface area contributed by atoms with E-state index in [0.717, 1.165) is 5.56 Å². The van der Waals surface area contributed by atoms with Crippen LogP contribution in [0, 0.1) is 0 Å². The summed E-state index contributed by atoms with van der Waals surface area (Å²) in [6.45, 7) is 0. The molecule has 3 rings (SSSR count). The lowest BCUT2D eigenvalue weighted by molar-refractivity contribution is -0.132. The lowest BCUT2D eigenvalue weighted by Gasteiger charge is -2.09. The van der Waals surface area contributed by atoms with Gasteiger partial charge in [0.2, 0.25) is 5.91 Å². The number of ether oxygens (including phenoxy) is 1. The first-order valence-electron chi connectivity index (χ1n) is 7.09. The van der Waals surface area contributed by atoms with E-state index >= 15 is 0 Å². The van der Waals surface area contributed by atoms with Crippen LogP contribution in [0.3, 0.4) is 0 Å². The van der Waals surface area contributed by atoms with Crippen LogP contribution < -0.4 is 15.5 Å². The summed E-state index contributed by atoms with van der Waals surface area (Å²) in [4.78, 5) is 27.3. The first-order chi connectivity index (χ1) is 11.2. The van der Waals surface area contributed by atoms with Gasteiger partial charge in [-0.3, -0.25) is 19.8 Å². The second-order valence-electron chi connectivity index (χ2n) is 5.18. The molecule has 3 N–H and O–H groups in total. The number of aromatic nitrogens is 1. The molecule has 2 atom stereocenters. The van der Waals surface area contributed by atoms with Crippen LogP contribution in [0.4, 0.5) is 0 Å². The van der Waals surface area contributed by atoms with Crippen LogP contribution in [-0.4, -0.2) is 28.0 Å². The number of hydroxylamine groups is 1. The smallest absolute Gasteiger partial charge is 0.265 e. The second-order valence-corrected chi connectivity index (χ2v) is 5.18. The topological polar surface area (TPSA) is 101 Å². The molecule has 2 amide bonds. The van der Waals surface area contributed by atoms with E-state index in [1.165, 1.54) is 0 Å². The van der Waals surface area contributed by atoms with Gasteiger partial charge in [0.1, 0.15) is 17.5 Å². The van der Waals surface area contributed by atoms with E-state index in [1.54, 1.807) is 54.3 Å². The van der Waals surface area contributed by atoms with Crippen LogP contribution >= 0.6 is 0 Å². The Bertz CT molecular complexity index is 703. The minimum absolute atomic E-state index is 0.235. The molecule has 7 heteroatoms. The summed E-state index contributed by atoms with van der Waals surface area (Å²) < 4.78 is 5.66. The van der Waals surface area contributed by atoms with Gasteiger partial charge in [-0.25, -0.2) is 5.48 Å². The number of benzene rings is 1. The highest BCUT2D eigenvalue weighted by Crippen LogP contribution is 2.29. The van der Waals surface area contributed by atoms with Crippen LogP contribution in [0.15, 0.2) is 48.8 Å². The Labute approximate surface area is 132 Å². The van der Waals surface area contributed by atoms with Crippen molar-refractivity contribution >= 4 is 11.8 Å². The Hall–Kier alpha value is -2.93. The van der Waals surface area contributed by atoms with Gasteiger partial charge in [-0.2, -0.15) is 0 Å². The molecule has 0 unspecified atom stereocenters. The van der Waals surface area contributed by atoms with Crippen molar-refractivity contribution in [2.75, 3.05) is 0 Å². The SMILES string of the molecule is O=C1N[C@@H](C(=O)NO)C[C@H]1c1ccc(Oc2ccncc2)cc1. The van der Waals surface area contributed by atoms with Crippen LogP contribution in [0.5, 0.6) is 11.5 Å². The van der Waals surface area contributed by atoms with Crippen LogP contribution in [0.1, 0.15) is 17.9 Å². The molecule has 2 aromatic rings. The fourth-order valence-corrected chi connectivity index (χ4v) is 2.52. The Morgan fingerprint density at radius 1 is 1.17 bits per heavy atom. The first kappa shape index (κ1) is 15.0. The minimum Gasteiger partial charge on any atom is -0.457 e. The Kier molecular flexibility index (Phi) is 4.20. The van der Waals surface area contributed by atoms with Crippen LogP contribution in [0.25, 0.3) is 0 Å². The quantitative estimate of drug-likeness (QED) is 0.584. The van der Waals surface area contributed by atoms with Crippen molar-refractivity contribution < 1.29 is 19.5 Å². The van der Waals surface area contributed by atoms with Gasteiger partial charge in [0.15, 0.2) is 0 Å². The molecule has 7 nitrogen and oxygen atoms in total. The van der Waals surface area contributed by atoms with Gasteiger partial charge >= 0.3 is 0 Å². The summed E-state index contributed by atoms with van der Waals surface area (Å²) in [7, 11) is 0. The number of amides is 2. The maximum atomic E-state index is 12.0. The average Bonchev–Trinajstić information content (AvgIpc) is 2.98. The first-order valence-corrected chi connectivity index (χ1v) is 7.09. The molecule has 23 heavy (non-hydrogen) atoms. The molecule has 0 radical (unpaired) electrons. The number of carbonyl (C=O) groups excluding carboxylic acids is 2. The van der Waals surface area contributed by atoms with Crippen molar-refractivity contribution in [3.8, 4) is 11.5 Å². The summed E-state index contributed by atoms with van der Waals surface area (Å²) in [6, 6.07) is 9.89. The highest BCUT2D eigenvalue weighted by molar-refractivity contribution is 5.94. The predicted molar refractivity (Wildman–Crippen MR) is 80.0 cm³/mol. The molecule has 1 fully saturated rings. The standard InChI is InChI=1S/C16H15N3O4/c20-15-13(9-14(18-15)16(21)19-22)10-1-3-11(4-2-10)23-12-5-7-17-8-6-12/h1-8,13-14,22H,9H2,(H,18,20)(H,19,21)/t13-,14+/m0/s1. The molecule has 0 spiro atoms. The number of nitrogens with zero attached hydrogens (tertiary/aromatic N) is 1. The summed E-state index contributed by atoms with van der Waals surface area (Å²) in [5.74, 6) is 0.0428. The third-order valence-electron chi connectivity index (χ3n) is 3.70. The Balaban J connectivity index is 1.70. The molecule has 1 aliphatic rings. The summed E-state index contributed by atoms with van der Waals surface area (Å²) >= 11 is 0. The zero-order chi connectivity index (χ0) is 16.2. The van der Waals surface area contributed by atoms with Crippen molar-refractivity contribution in [2.24, 2.45) is 0 Å². The second kappa shape index (κ2) is 6.45. The predicted octanol–water partition coefficient (Wildman–Crippen LogP) is 1.35. The number of rotatable bonds is 4. The highest BCUT2D eigenvalue weighted by atomic mass is 16.5. The van der Waals surface area contributed by atoms with Crippen molar-refractivity contribution in [3.05, 3.63) is 54.4 Å². The molecule has 118 valence electrons. The molecule has 0 bridgehead atoms. The summed E-state index contributed by atoms with van der Waals surface area (Å²) in [5, 5.41) is 11.2. The molecule has 1 aromatic heterocycles. The number of nitrogens with one attached hydrogen (secondary N) is 2. The van der Waals surface area contributed by atoms with Gasteiger partial charge in [0.25, 0.3) is 5.91 Å². The van der Waals surface area contributed by atoms with Crippen molar-refractivity contribution in [1.82, 2.24) is 15.8 Å². The minimum atomic E-state index is -0.717. The number of carbonyl (C=O) groups is 2. The maximum Gasteiger partial charge on any atom is 0.265 e. The highest BCUT2D eigenvalue weighted by Gasteiger charge is 2.36. The van der Waals surface area contributed by atoms with Gasteiger partial charge in [-0.15, -0.1) is 0 Å². The van der Waals surface area contributed by atoms with Crippen LogP contribution in [-0.2, 0) is 9.59 Å². The zero-order valence-electron chi connectivity index (χ0n) is 12.1. The number of hydrogen-bond donors (Lipinski definition) is 3. The Morgan fingerprint density at radius 2 is 1.83 bits per heavy atom. The average molecular weight is 313 g/mol. The molecule has 1 aromatic carbocycles. The third kappa shape index (κ3) is 3.29. The van der Waals surface area contributed by atoms with E-state index in [0.29, 0.717) is 17.9 Å². The van der Waals surface area contributed by atoms with Gasteiger partial charge < -0.3 is 10.1 Å². The fourth-order valence-electron chi connectivity index (χ4n) is 2.52. The lowest BCUT2D eigenvalue weighted by Crippen LogP contribution is -2.40. The number of pyridine rings is 1. The maximum absolute atomic E-state index is 12.0. The van der Waals surface area contributed by atoms with Crippen molar-refractivity contribution in [1.29, 1.82) is 0 Å². The van der Waals surface area contributed by atoms with E-state index in [2.05, 4.69) is 10.3 Å². The van der Waals surface area contributed by atoms with Gasteiger partial charge in [-0.1, -0.05) is 12.1 Å². The molecular formula is C16H15N3O4. The van der Waals surface area contributed by atoms with E-state index in [4.69, 9.17) is 9.94 Å². The summed E-state index contributed by atoms with van der Waals surface area (Å²) in [6.07, 6.45) is 3.58. The largest absolute Gasteiger partial charge is 0.457 e. The normalized spacial score (nSPS) is 20.0. The zero-order valence-corrected chi connectivity index (χ0v) is 12.1. The third-order valence-corrected chi connectivity index (χ3v) is 3.70. The van der Waals surface area contributed by atoms with E-state index in [1.807, 2.05) is 0 Å². The Morgan fingerprint density at radius 3 is 2.48 bits per heavy atom. The van der Waals surface area contributed by atoms with E-state index in [-0.39, 0.29) is 5.91 Å². The molecule has 0 saturated carbocycles. The molecule has 2 heterocycles. The molecular weight excluding hydrogens is 298 g/mol. The van der Waals surface area contributed by atoms with Gasteiger partial charge in [0.05, 0.1) is 5.92 Å². The number of hydrogen-bond acceptors (Lipinski definition) is 5. The van der Waals surface area contributed by atoms with Gasteiger partial charge in [-0.05, 0) is 36.2 Å². The van der Waals surface area contributed by atoms with Crippen molar-refractivity contribution in [2.45, 2.75) is 18.4 Å². The monoisotopic (exact) mass is 313 g/mol. The fraction of sp³-hybridized carbons (Fsp3) is 0.188. The summed E-state index contributed by atoms with van der Waals surface area (Å²) in [5.41, 5.74) is 2.35. The van der Waals surface area contributed by atoms with Crippen molar-refractivity contribution in [3.63, 3.8) is 0 Å². The molecule has 0 aliphatic carbocycles.